The van der Waals surface area contributed by atoms with Crippen LogP contribution in [-0.2, 0) is 14.9 Å². The zero-order valence-electron chi connectivity index (χ0n) is 9.52. The number of hydrogen-bond acceptors (Lipinski definition) is 3. The van der Waals surface area contributed by atoms with Gasteiger partial charge in [0.1, 0.15) is 4.75 Å². The van der Waals surface area contributed by atoms with Gasteiger partial charge in [-0.1, -0.05) is 6.07 Å². The summed E-state index contributed by atoms with van der Waals surface area (Å²) in [4.78, 5) is 0. The summed E-state index contributed by atoms with van der Waals surface area (Å²) in [5.41, 5.74) is -0.0980. The Balaban J connectivity index is 3.36. The van der Waals surface area contributed by atoms with Crippen LogP contribution in [0.25, 0.3) is 0 Å². The Bertz CT molecular complexity index is 595. The second kappa shape index (κ2) is 5.00. The largest absolute Gasteiger partial charge is 0.285 e. The van der Waals surface area contributed by atoms with E-state index in [-0.39, 0.29) is 18.4 Å². The fourth-order valence-corrected chi connectivity index (χ4v) is 2.33. The summed E-state index contributed by atoms with van der Waals surface area (Å²) in [5, 5.41) is 8.48. The van der Waals surface area contributed by atoms with E-state index in [1.165, 1.54) is 0 Å². The molecule has 1 rings (SSSR count). The van der Waals surface area contributed by atoms with Crippen LogP contribution in [0, 0.1) is 23.0 Å². The molecule has 1 aromatic carbocycles. The highest BCUT2D eigenvalue weighted by molar-refractivity contribution is 7.86. The van der Waals surface area contributed by atoms with Crippen molar-refractivity contribution in [2.45, 2.75) is 24.5 Å². The molecular formula is C11H11F2NO3S. The van der Waals surface area contributed by atoms with Crippen molar-refractivity contribution in [1.29, 1.82) is 5.26 Å². The molecule has 0 aliphatic rings. The molecule has 0 saturated heterocycles. The van der Waals surface area contributed by atoms with Crippen LogP contribution >= 0.6 is 0 Å². The minimum absolute atomic E-state index is 0.0980. The molecule has 0 heterocycles. The van der Waals surface area contributed by atoms with Gasteiger partial charge in [-0.25, -0.2) is 8.78 Å². The highest BCUT2D eigenvalue weighted by Crippen LogP contribution is 2.34. The molecule has 0 aromatic heterocycles. The highest BCUT2D eigenvalue weighted by Gasteiger charge is 2.39. The summed E-state index contributed by atoms with van der Waals surface area (Å²) in [5.74, 6) is -2.32. The maximum Gasteiger partial charge on any atom is 0.274 e. The van der Waals surface area contributed by atoms with Crippen molar-refractivity contribution in [2.75, 3.05) is 0 Å². The lowest BCUT2D eigenvalue weighted by atomic mass is 9.95. The van der Waals surface area contributed by atoms with E-state index in [2.05, 4.69) is 0 Å². The van der Waals surface area contributed by atoms with E-state index in [0.29, 0.717) is 6.07 Å². The lowest BCUT2D eigenvalue weighted by molar-refractivity contribution is 0.424. The third kappa shape index (κ3) is 2.66. The second-order valence-electron chi connectivity index (χ2n) is 3.99. The number of halogens is 2. The summed E-state index contributed by atoms with van der Waals surface area (Å²) in [7, 11) is -4.56. The zero-order valence-corrected chi connectivity index (χ0v) is 10.3. The molecule has 0 spiro atoms. The van der Waals surface area contributed by atoms with Crippen molar-refractivity contribution in [3.05, 3.63) is 35.4 Å². The van der Waals surface area contributed by atoms with Crippen molar-refractivity contribution in [3.63, 3.8) is 0 Å². The van der Waals surface area contributed by atoms with Crippen LogP contribution in [0.3, 0.4) is 0 Å². The SMILES string of the molecule is C[C@@](CCC#N)(c1ccc(F)c(F)c1)S(=O)(=O)O. The molecule has 98 valence electrons. The van der Waals surface area contributed by atoms with Gasteiger partial charge in [0.15, 0.2) is 11.6 Å². The van der Waals surface area contributed by atoms with Crippen LogP contribution in [0.1, 0.15) is 25.3 Å². The van der Waals surface area contributed by atoms with Crippen LogP contribution in [0.15, 0.2) is 18.2 Å². The number of hydrogen-bond donors (Lipinski definition) is 1. The van der Waals surface area contributed by atoms with E-state index >= 15 is 0 Å². The molecular weight excluding hydrogens is 264 g/mol. The summed E-state index contributed by atoms with van der Waals surface area (Å²) >= 11 is 0. The highest BCUT2D eigenvalue weighted by atomic mass is 32.2. The molecule has 1 N–H and O–H groups in total. The molecule has 0 aliphatic heterocycles. The van der Waals surface area contributed by atoms with Crippen LogP contribution in [0.4, 0.5) is 8.78 Å². The monoisotopic (exact) mass is 275 g/mol. The van der Waals surface area contributed by atoms with Crippen molar-refractivity contribution in [1.82, 2.24) is 0 Å². The van der Waals surface area contributed by atoms with Gasteiger partial charge < -0.3 is 0 Å². The Morgan fingerprint density at radius 1 is 1.39 bits per heavy atom. The first-order chi connectivity index (χ1) is 8.22. The first-order valence-electron chi connectivity index (χ1n) is 5.02. The summed E-state index contributed by atoms with van der Waals surface area (Å²) in [6.07, 6.45) is -0.358. The van der Waals surface area contributed by atoms with Gasteiger partial charge in [0.05, 0.1) is 6.07 Å². The molecule has 0 amide bonds. The van der Waals surface area contributed by atoms with E-state index in [0.717, 1.165) is 19.1 Å². The molecule has 18 heavy (non-hydrogen) atoms. The average molecular weight is 275 g/mol. The van der Waals surface area contributed by atoms with Crippen molar-refractivity contribution in [3.8, 4) is 6.07 Å². The molecule has 0 radical (unpaired) electrons. The van der Waals surface area contributed by atoms with Gasteiger partial charge in [0, 0.05) is 6.42 Å². The van der Waals surface area contributed by atoms with Crippen molar-refractivity contribution < 1.29 is 21.8 Å². The number of benzene rings is 1. The summed E-state index contributed by atoms with van der Waals surface area (Å²) in [6, 6.07) is 4.31. The Kier molecular flexibility index (Phi) is 4.04. The standard InChI is InChI=1S/C11H11F2NO3S/c1-11(5-2-6-14,18(15,16)17)8-3-4-9(12)10(13)7-8/h3-4,7H,2,5H2,1H3,(H,15,16,17)/t11-/m1/s1. The predicted molar refractivity (Wildman–Crippen MR) is 60.1 cm³/mol. The van der Waals surface area contributed by atoms with E-state index in [4.69, 9.17) is 5.26 Å². The molecule has 7 heteroatoms. The Morgan fingerprint density at radius 3 is 2.44 bits per heavy atom. The minimum Gasteiger partial charge on any atom is -0.285 e. The van der Waals surface area contributed by atoms with Gasteiger partial charge in [-0.2, -0.15) is 13.7 Å². The van der Waals surface area contributed by atoms with Gasteiger partial charge >= 0.3 is 0 Å². The lowest BCUT2D eigenvalue weighted by Gasteiger charge is -2.25. The molecule has 4 nitrogen and oxygen atoms in total. The first kappa shape index (κ1) is 14.5. The van der Waals surface area contributed by atoms with Gasteiger partial charge in [0.2, 0.25) is 0 Å². The van der Waals surface area contributed by atoms with Crippen LogP contribution < -0.4 is 0 Å². The second-order valence-corrected chi connectivity index (χ2v) is 5.84. The normalized spacial score (nSPS) is 14.8. The minimum atomic E-state index is -4.56. The number of nitrogens with zero attached hydrogens (tertiary/aromatic N) is 1. The zero-order chi connectivity index (χ0) is 14.0. The third-order valence-corrected chi connectivity index (χ3v) is 4.39. The lowest BCUT2D eigenvalue weighted by Crippen LogP contribution is -2.32. The molecule has 0 unspecified atom stereocenters. The van der Waals surface area contributed by atoms with Gasteiger partial charge in [-0.05, 0) is 31.0 Å². The molecule has 0 fully saturated rings. The van der Waals surface area contributed by atoms with E-state index in [9.17, 15) is 21.8 Å². The predicted octanol–water partition coefficient (Wildman–Crippen LogP) is 2.37. The maximum absolute atomic E-state index is 13.1. The molecule has 0 bridgehead atoms. The van der Waals surface area contributed by atoms with Gasteiger partial charge in [-0.15, -0.1) is 0 Å². The Morgan fingerprint density at radius 2 is 2.00 bits per heavy atom. The molecule has 1 aromatic rings. The van der Waals surface area contributed by atoms with Crippen LogP contribution in [0.2, 0.25) is 0 Å². The van der Waals surface area contributed by atoms with Crippen molar-refractivity contribution >= 4 is 10.1 Å². The van der Waals surface area contributed by atoms with Gasteiger partial charge in [0.25, 0.3) is 10.1 Å². The fraction of sp³-hybridized carbons (Fsp3) is 0.364. The maximum atomic E-state index is 13.1. The molecule has 0 aliphatic carbocycles. The average Bonchev–Trinajstić information content (AvgIpc) is 2.28. The number of rotatable bonds is 4. The number of nitriles is 1. The van der Waals surface area contributed by atoms with Crippen molar-refractivity contribution in [2.24, 2.45) is 0 Å². The van der Waals surface area contributed by atoms with Crippen LogP contribution in [-0.4, -0.2) is 13.0 Å². The quantitative estimate of drug-likeness (QED) is 0.856. The summed E-state index contributed by atoms with van der Waals surface area (Å²) in [6.45, 7) is 1.16. The van der Waals surface area contributed by atoms with E-state index in [1.807, 2.05) is 0 Å². The molecule has 0 saturated carbocycles. The third-order valence-electron chi connectivity index (χ3n) is 2.81. The Labute approximate surface area is 104 Å². The van der Waals surface area contributed by atoms with Gasteiger partial charge in [-0.3, -0.25) is 4.55 Å². The van der Waals surface area contributed by atoms with E-state index in [1.54, 1.807) is 6.07 Å². The van der Waals surface area contributed by atoms with E-state index < -0.39 is 26.5 Å². The fourth-order valence-electron chi connectivity index (χ4n) is 1.54. The molecule has 1 atom stereocenters. The Hall–Kier alpha value is -1.52. The van der Waals surface area contributed by atoms with Crippen LogP contribution in [0.5, 0.6) is 0 Å². The summed E-state index contributed by atoms with van der Waals surface area (Å²) < 4.78 is 56.1. The smallest absolute Gasteiger partial charge is 0.274 e. The topological polar surface area (TPSA) is 78.2 Å². The first-order valence-corrected chi connectivity index (χ1v) is 6.46.